The molecule has 2 saturated heterocycles. The van der Waals surface area contributed by atoms with E-state index in [-0.39, 0.29) is 86.3 Å². The maximum atomic E-state index is 13.5. The largest absolute Gasteiger partial charge is 0.419 e. The molecule has 20 nitrogen and oxygen atoms in total. The molecule has 22 heteroatoms. The van der Waals surface area contributed by atoms with Gasteiger partial charge in [0.25, 0.3) is 11.5 Å². The lowest BCUT2D eigenvalue weighted by Crippen LogP contribution is -2.52. The number of aromatic nitrogens is 6. The Kier molecular flexibility index (Phi) is 12.5. The highest BCUT2D eigenvalue weighted by atomic mass is 35.5. The highest BCUT2D eigenvalue weighted by molar-refractivity contribution is 6.42. The van der Waals surface area contributed by atoms with Gasteiger partial charge in [-0.05, 0) is 30.7 Å². The lowest BCUT2D eigenvalue weighted by molar-refractivity contribution is -0.136. The summed E-state index contributed by atoms with van der Waals surface area (Å²) in [6.45, 7) is 7.07. The van der Waals surface area contributed by atoms with Crippen molar-refractivity contribution in [2.24, 2.45) is 14.1 Å². The van der Waals surface area contributed by atoms with Gasteiger partial charge in [0.05, 0.1) is 48.5 Å². The molecule has 63 heavy (non-hydrogen) atoms. The first-order chi connectivity index (χ1) is 30.3. The Bertz CT molecular complexity index is 2770. The van der Waals surface area contributed by atoms with Crippen molar-refractivity contribution in [2.75, 3.05) is 69.4 Å². The van der Waals surface area contributed by atoms with Crippen molar-refractivity contribution in [3.63, 3.8) is 0 Å². The number of halogens is 2. The van der Waals surface area contributed by atoms with Crippen LogP contribution < -0.4 is 26.8 Å². The number of imidazole rings is 1. The highest BCUT2D eigenvalue weighted by Crippen LogP contribution is 2.38. The minimum Gasteiger partial charge on any atom is -0.419 e. The molecule has 1 unspecified atom stereocenters. The number of ether oxygens (including phenoxy) is 2. The van der Waals surface area contributed by atoms with Gasteiger partial charge in [-0.1, -0.05) is 41.9 Å². The summed E-state index contributed by atoms with van der Waals surface area (Å²) in [5.41, 5.74) is 1.92. The summed E-state index contributed by atoms with van der Waals surface area (Å²) in [6, 6.07) is 9.47. The number of carbonyl (C=O) groups is 4. The summed E-state index contributed by atoms with van der Waals surface area (Å²) in [6.07, 6.45) is 0.545. The fourth-order valence-electron chi connectivity index (χ4n) is 7.88. The molecule has 2 N–H and O–H groups in total. The molecule has 8 rings (SSSR count). The number of hydrogen-bond donors (Lipinski definition) is 2. The first-order valence-corrected chi connectivity index (χ1v) is 20.9. The van der Waals surface area contributed by atoms with Gasteiger partial charge in [-0.3, -0.25) is 47.9 Å². The van der Waals surface area contributed by atoms with Crippen LogP contribution in [0.1, 0.15) is 41.1 Å². The third kappa shape index (κ3) is 8.58. The number of hydrogen-bond acceptors (Lipinski definition) is 14. The van der Waals surface area contributed by atoms with E-state index >= 15 is 0 Å². The number of nitrogens with zero attached hydrogens (tertiary/aromatic N) is 9. The van der Waals surface area contributed by atoms with E-state index in [1.165, 1.54) is 16.5 Å². The quantitative estimate of drug-likeness (QED) is 0.114. The van der Waals surface area contributed by atoms with Gasteiger partial charge in [0, 0.05) is 75.8 Å². The molecule has 2 fully saturated rings. The van der Waals surface area contributed by atoms with Crippen molar-refractivity contribution >= 4 is 75.3 Å². The Hall–Kier alpha value is -6.35. The number of rotatable bonds is 15. The van der Waals surface area contributed by atoms with Crippen LogP contribution in [0.25, 0.3) is 28.3 Å². The Labute approximate surface area is 368 Å². The van der Waals surface area contributed by atoms with Crippen LogP contribution >= 0.6 is 23.2 Å². The van der Waals surface area contributed by atoms with E-state index < -0.39 is 23.2 Å². The predicted molar refractivity (Wildman–Crippen MR) is 230 cm³/mol. The minimum absolute atomic E-state index is 0.0242. The molecule has 0 aliphatic carbocycles. The van der Waals surface area contributed by atoms with Crippen molar-refractivity contribution in [2.45, 2.75) is 31.8 Å². The van der Waals surface area contributed by atoms with Gasteiger partial charge >= 0.3 is 5.69 Å². The Morgan fingerprint density at radius 1 is 0.952 bits per heavy atom. The Morgan fingerprint density at radius 3 is 2.46 bits per heavy atom. The molecule has 3 aromatic heterocycles. The normalized spacial score (nSPS) is 16.6. The monoisotopic (exact) mass is 903 g/mol. The van der Waals surface area contributed by atoms with E-state index in [0.29, 0.717) is 83.4 Å². The summed E-state index contributed by atoms with van der Waals surface area (Å²) in [4.78, 5) is 86.9. The molecule has 0 radical (unpaired) electrons. The molecule has 6 heterocycles. The van der Waals surface area contributed by atoms with Gasteiger partial charge in [0.2, 0.25) is 35.5 Å². The highest BCUT2D eigenvalue weighted by Gasteiger charge is 2.42. The number of aryl methyl sites for hydroxylation is 1. The van der Waals surface area contributed by atoms with Crippen LogP contribution in [0.4, 0.5) is 11.6 Å². The third-order valence-corrected chi connectivity index (χ3v) is 11.9. The fraction of sp³-hybridized carbons (Fsp3) is 0.390. The van der Waals surface area contributed by atoms with Gasteiger partial charge in [0.1, 0.15) is 12.6 Å². The molecule has 5 aromatic rings. The van der Waals surface area contributed by atoms with Crippen LogP contribution in [0, 0.1) is 0 Å². The summed E-state index contributed by atoms with van der Waals surface area (Å²) < 4.78 is 21.3. The molecule has 2 aromatic carbocycles. The standard InChI is InChI=1S/C41H43Cl2N11O9/c1-23-25-5-4-6-28(33(25)38(58)54(23)29-9-10-30(55)45-36(29)57)44-12-18-62-20-19-61-17-11-32(56)51-13-15-52(16-14-51)40-46-35-34(39(59)50(3)41(60)49(35)2)53(40)22-31-47-48-37(63-31)24-7-8-26(42)27(43)21-24/h4-8,21,29,44H,1,9-20,22H2,2-3H3,(H,45,55,57). The fourth-order valence-corrected chi connectivity index (χ4v) is 8.18. The summed E-state index contributed by atoms with van der Waals surface area (Å²) >= 11 is 12.3. The van der Waals surface area contributed by atoms with Gasteiger partial charge in [-0.25, -0.2) is 4.79 Å². The number of piperazine rings is 1. The SMILES string of the molecule is C=C1c2cccc(NCCOCCOCCC(=O)N3CCN(c4nc5c(c(=O)n(C)c(=O)n5C)n4Cc4nnc(-c5ccc(Cl)c(Cl)c5)o4)CC3)c2C(=O)N1C1CCC(=O)NC1=O. The molecular weight excluding hydrogens is 861 g/mol. The molecule has 330 valence electrons. The van der Waals surface area contributed by atoms with Crippen LogP contribution in [-0.4, -0.2) is 128 Å². The van der Waals surface area contributed by atoms with Crippen LogP contribution in [0.5, 0.6) is 0 Å². The molecular formula is C41H43Cl2N11O9. The molecule has 0 saturated carbocycles. The first-order valence-electron chi connectivity index (χ1n) is 20.2. The van der Waals surface area contributed by atoms with Crippen molar-refractivity contribution in [3.05, 3.63) is 90.9 Å². The number of carbonyl (C=O) groups excluding carboxylic acids is 4. The van der Waals surface area contributed by atoms with Crippen LogP contribution in [0.2, 0.25) is 10.0 Å². The number of amides is 4. The van der Waals surface area contributed by atoms with Crippen LogP contribution in [0.3, 0.4) is 0 Å². The minimum atomic E-state index is -0.804. The van der Waals surface area contributed by atoms with Gasteiger partial charge in [-0.15, -0.1) is 10.2 Å². The van der Waals surface area contributed by atoms with Crippen molar-refractivity contribution in [1.82, 2.24) is 44.0 Å². The first kappa shape index (κ1) is 43.3. The smallest absolute Gasteiger partial charge is 0.332 e. The number of benzene rings is 2. The van der Waals surface area contributed by atoms with Crippen molar-refractivity contribution < 1.29 is 33.1 Å². The molecule has 0 spiro atoms. The number of imide groups is 1. The van der Waals surface area contributed by atoms with Crippen molar-refractivity contribution in [3.8, 4) is 11.5 Å². The molecule has 1 atom stereocenters. The maximum Gasteiger partial charge on any atom is 0.332 e. The van der Waals surface area contributed by atoms with E-state index in [1.807, 2.05) is 4.90 Å². The Morgan fingerprint density at radius 2 is 1.71 bits per heavy atom. The summed E-state index contributed by atoms with van der Waals surface area (Å²) in [7, 11) is 2.95. The Balaban J connectivity index is 0.799. The van der Waals surface area contributed by atoms with Gasteiger partial charge < -0.3 is 29.0 Å². The second-order valence-electron chi connectivity index (χ2n) is 15.1. The number of piperidine rings is 1. The average Bonchev–Trinajstić information content (AvgIpc) is 3.97. The van der Waals surface area contributed by atoms with Crippen LogP contribution in [-0.2, 0) is 44.5 Å². The van der Waals surface area contributed by atoms with Crippen molar-refractivity contribution in [1.29, 1.82) is 0 Å². The molecule has 3 aliphatic rings. The average molecular weight is 905 g/mol. The third-order valence-electron chi connectivity index (χ3n) is 11.2. The lowest BCUT2D eigenvalue weighted by atomic mass is 10.0. The zero-order chi connectivity index (χ0) is 44.5. The van der Waals surface area contributed by atoms with Crippen LogP contribution in [0.15, 0.2) is 57.0 Å². The summed E-state index contributed by atoms with van der Waals surface area (Å²) in [5, 5.41) is 14.6. The van der Waals surface area contributed by atoms with E-state index in [0.717, 1.165) is 4.57 Å². The summed E-state index contributed by atoms with van der Waals surface area (Å²) in [5.74, 6) is -0.505. The number of fused-ring (bicyclic) bond motifs is 2. The zero-order valence-electron chi connectivity index (χ0n) is 34.4. The van der Waals surface area contributed by atoms with E-state index in [2.05, 4.69) is 27.4 Å². The van der Waals surface area contributed by atoms with Gasteiger partial charge in [0.15, 0.2) is 11.2 Å². The number of anilines is 2. The zero-order valence-corrected chi connectivity index (χ0v) is 35.9. The topological polar surface area (TPSA) is 221 Å². The second-order valence-corrected chi connectivity index (χ2v) is 15.9. The predicted octanol–water partition coefficient (Wildman–Crippen LogP) is 2.25. The number of nitrogens with one attached hydrogen (secondary N) is 2. The molecule has 0 bridgehead atoms. The molecule has 4 amide bonds. The lowest BCUT2D eigenvalue weighted by Gasteiger charge is -2.35. The van der Waals surface area contributed by atoms with E-state index in [9.17, 15) is 28.8 Å². The van der Waals surface area contributed by atoms with Gasteiger partial charge in [-0.2, -0.15) is 4.98 Å². The second kappa shape index (κ2) is 18.2. The maximum absolute atomic E-state index is 13.5. The van der Waals surface area contributed by atoms with E-state index in [4.69, 9.17) is 42.1 Å². The van der Waals surface area contributed by atoms with E-state index in [1.54, 1.807) is 52.9 Å². The molecule has 3 aliphatic heterocycles.